The summed E-state index contributed by atoms with van der Waals surface area (Å²) in [5, 5.41) is 17.6. The van der Waals surface area contributed by atoms with Crippen LogP contribution in [0.25, 0.3) is 5.78 Å². The van der Waals surface area contributed by atoms with Crippen molar-refractivity contribution in [1.82, 2.24) is 29.8 Å². The van der Waals surface area contributed by atoms with Crippen LogP contribution in [0.3, 0.4) is 0 Å². The fraction of sp³-hybridized carbons (Fsp3) is 0.300. The monoisotopic (exact) mass is 439 g/mol. The number of carbonyl (C=O) groups excluding carboxylic acids is 1. The molecule has 1 N–H and O–H groups in total. The predicted molar refractivity (Wildman–Crippen MR) is 118 cm³/mol. The number of hydrogen-bond donors (Lipinski definition) is 1. The highest BCUT2D eigenvalue weighted by atomic mass is 32.2. The Bertz CT molecular complexity index is 1200. The van der Waals surface area contributed by atoms with Crippen molar-refractivity contribution >= 4 is 39.9 Å². The Balaban J connectivity index is 1.49. The van der Waals surface area contributed by atoms with E-state index in [1.165, 1.54) is 23.1 Å². The maximum atomic E-state index is 12.8. The summed E-state index contributed by atoms with van der Waals surface area (Å²) in [5.41, 5.74) is 3.39. The van der Waals surface area contributed by atoms with Crippen LogP contribution in [0.5, 0.6) is 0 Å². The molecule has 30 heavy (non-hydrogen) atoms. The van der Waals surface area contributed by atoms with Crippen LogP contribution in [0.4, 0.5) is 5.13 Å². The van der Waals surface area contributed by atoms with Gasteiger partial charge in [-0.3, -0.25) is 10.1 Å². The highest BCUT2D eigenvalue weighted by Gasteiger charge is 2.15. The molecule has 0 aliphatic carbocycles. The Labute approximate surface area is 182 Å². The van der Waals surface area contributed by atoms with Crippen molar-refractivity contribution in [2.45, 2.75) is 44.5 Å². The molecule has 4 aromatic rings. The molecule has 8 nitrogen and oxygen atoms in total. The van der Waals surface area contributed by atoms with E-state index in [9.17, 15) is 4.79 Å². The predicted octanol–water partition coefficient (Wildman–Crippen LogP) is 4.09. The Hall–Kier alpha value is -2.85. The highest BCUT2D eigenvalue weighted by molar-refractivity contribution is 7.98. The van der Waals surface area contributed by atoms with Gasteiger partial charge in [-0.05, 0) is 38.0 Å². The number of carbonyl (C=O) groups is 1. The summed E-state index contributed by atoms with van der Waals surface area (Å²) >= 11 is 2.89. The van der Waals surface area contributed by atoms with Gasteiger partial charge in [0, 0.05) is 29.1 Å². The van der Waals surface area contributed by atoms with Crippen molar-refractivity contribution < 1.29 is 4.79 Å². The first-order valence-electron chi connectivity index (χ1n) is 9.59. The molecule has 3 aromatic heterocycles. The van der Waals surface area contributed by atoms with Gasteiger partial charge in [-0.2, -0.15) is 4.98 Å². The molecule has 3 heterocycles. The number of anilines is 1. The third-order valence-corrected chi connectivity index (χ3v) is 6.15. The van der Waals surface area contributed by atoms with Crippen molar-refractivity contribution in [1.29, 1.82) is 0 Å². The molecule has 154 valence electrons. The van der Waals surface area contributed by atoms with Gasteiger partial charge in [-0.25, -0.2) is 9.50 Å². The summed E-state index contributed by atoms with van der Waals surface area (Å²) in [6, 6.07) is 9.49. The second kappa shape index (κ2) is 8.88. The Morgan fingerprint density at radius 3 is 2.87 bits per heavy atom. The molecule has 0 bridgehead atoms. The number of aryl methyl sites for hydroxylation is 3. The molecular formula is C20H21N7OS2. The van der Waals surface area contributed by atoms with Gasteiger partial charge in [0.25, 0.3) is 11.7 Å². The van der Waals surface area contributed by atoms with Gasteiger partial charge >= 0.3 is 0 Å². The lowest BCUT2D eigenvalue weighted by Crippen LogP contribution is -2.13. The maximum Gasteiger partial charge on any atom is 0.257 e. The van der Waals surface area contributed by atoms with Gasteiger partial charge in [0.1, 0.15) is 5.01 Å². The normalized spacial score (nSPS) is 11.2. The average Bonchev–Trinajstić information content (AvgIpc) is 3.33. The Morgan fingerprint density at radius 2 is 2.03 bits per heavy atom. The number of amides is 1. The van der Waals surface area contributed by atoms with E-state index in [1.807, 2.05) is 44.2 Å². The van der Waals surface area contributed by atoms with E-state index in [-0.39, 0.29) is 5.91 Å². The van der Waals surface area contributed by atoms with Crippen LogP contribution >= 0.6 is 23.1 Å². The molecule has 0 spiro atoms. The van der Waals surface area contributed by atoms with Gasteiger partial charge in [0.2, 0.25) is 10.3 Å². The van der Waals surface area contributed by atoms with E-state index < -0.39 is 0 Å². The molecule has 0 aliphatic heterocycles. The van der Waals surface area contributed by atoms with Crippen LogP contribution < -0.4 is 5.32 Å². The number of thioether (sulfide) groups is 1. The third kappa shape index (κ3) is 4.49. The molecule has 10 heteroatoms. The fourth-order valence-corrected chi connectivity index (χ4v) is 4.66. The molecule has 1 aromatic carbocycles. The molecule has 0 saturated carbocycles. The summed E-state index contributed by atoms with van der Waals surface area (Å²) in [4.78, 5) is 21.7. The molecular weight excluding hydrogens is 418 g/mol. The molecule has 0 aliphatic rings. The Kier molecular flexibility index (Phi) is 6.05. The van der Waals surface area contributed by atoms with Gasteiger partial charge in [-0.1, -0.05) is 48.2 Å². The van der Waals surface area contributed by atoms with Gasteiger partial charge in [0.15, 0.2) is 0 Å². The molecule has 0 unspecified atom stereocenters. The molecule has 0 radical (unpaired) electrons. The number of benzene rings is 1. The van der Waals surface area contributed by atoms with Crippen LogP contribution in [-0.2, 0) is 12.2 Å². The number of nitrogens with one attached hydrogen (secondary N) is 1. The number of rotatable bonds is 7. The highest BCUT2D eigenvalue weighted by Crippen LogP contribution is 2.24. The lowest BCUT2D eigenvalue weighted by molar-refractivity contribution is 0.102. The standard InChI is InChI=1S/C20H21N7OS2/c1-4-7-16-24-25-19(30-16)22-17(28)15-9-6-5-8-14(15)11-29-20-23-18-21-12(2)10-13(3)27(18)26-20/h5-6,8-10H,4,7,11H2,1-3H3,(H,22,25,28). The van der Waals surface area contributed by atoms with E-state index in [2.05, 4.69) is 37.5 Å². The average molecular weight is 440 g/mol. The SMILES string of the molecule is CCCc1nnc(NC(=O)c2ccccc2CSc2nc3nc(C)cc(C)n3n2)s1. The molecule has 4 rings (SSSR count). The first-order valence-corrected chi connectivity index (χ1v) is 11.4. The largest absolute Gasteiger partial charge is 0.296 e. The van der Waals surface area contributed by atoms with Crippen LogP contribution in [0.15, 0.2) is 35.5 Å². The zero-order valence-electron chi connectivity index (χ0n) is 16.9. The first kappa shape index (κ1) is 20.4. The Morgan fingerprint density at radius 1 is 1.20 bits per heavy atom. The maximum absolute atomic E-state index is 12.8. The minimum Gasteiger partial charge on any atom is -0.296 e. The summed E-state index contributed by atoms with van der Waals surface area (Å²) in [7, 11) is 0. The zero-order valence-corrected chi connectivity index (χ0v) is 18.5. The van der Waals surface area contributed by atoms with Gasteiger partial charge in [0.05, 0.1) is 0 Å². The minimum absolute atomic E-state index is 0.193. The van der Waals surface area contributed by atoms with E-state index in [0.717, 1.165) is 34.8 Å². The molecule has 1 amide bonds. The lowest BCUT2D eigenvalue weighted by Gasteiger charge is -2.07. The first-order chi connectivity index (χ1) is 14.5. The van der Waals surface area contributed by atoms with Gasteiger partial charge < -0.3 is 0 Å². The van der Waals surface area contributed by atoms with Gasteiger partial charge in [-0.15, -0.1) is 15.3 Å². The van der Waals surface area contributed by atoms with Crippen molar-refractivity contribution in [2.75, 3.05) is 5.32 Å². The summed E-state index contributed by atoms with van der Waals surface area (Å²) in [6.07, 6.45) is 1.86. The number of aromatic nitrogens is 6. The van der Waals surface area contributed by atoms with Crippen LogP contribution in [0.2, 0.25) is 0 Å². The lowest BCUT2D eigenvalue weighted by atomic mass is 10.1. The number of nitrogens with zero attached hydrogens (tertiary/aromatic N) is 6. The topological polar surface area (TPSA) is 98.0 Å². The fourth-order valence-electron chi connectivity index (χ4n) is 3.00. The zero-order chi connectivity index (χ0) is 21.1. The van der Waals surface area contributed by atoms with Crippen LogP contribution in [0.1, 0.15) is 45.7 Å². The van der Waals surface area contributed by atoms with E-state index in [4.69, 9.17) is 0 Å². The summed E-state index contributed by atoms with van der Waals surface area (Å²) < 4.78 is 1.73. The minimum atomic E-state index is -0.193. The van der Waals surface area contributed by atoms with E-state index in [0.29, 0.717) is 27.4 Å². The van der Waals surface area contributed by atoms with E-state index in [1.54, 1.807) is 4.52 Å². The van der Waals surface area contributed by atoms with E-state index >= 15 is 0 Å². The summed E-state index contributed by atoms with van der Waals surface area (Å²) in [5.74, 6) is 0.956. The van der Waals surface area contributed by atoms with Crippen molar-refractivity contribution in [3.05, 3.63) is 57.9 Å². The molecule has 0 atom stereocenters. The second-order valence-electron chi connectivity index (χ2n) is 6.80. The summed E-state index contributed by atoms with van der Waals surface area (Å²) in [6.45, 7) is 6.00. The van der Waals surface area contributed by atoms with Crippen LogP contribution in [0, 0.1) is 13.8 Å². The molecule has 0 fully saturated rings. The quantitative estimate of drug-likeness (QED) is 0.433. The number of fused-ring (bicyclic) bond motifs is 1. The third-order valence-electron chi connectivity index (χ3n) is 4.37. The van der Waals surface area contributed by atoms with Crippen molar-refractivity contribution in [3.63, 3.8) is 0 Å². The van der Waals surface area contributed by atoms with Crippen molar-refractivity contribution in [2.24, 2.45) is 0 Å². The second-order valence-corrected chi connectivity index (χ2v) is 8.80. The molecule has 0 saturated heterocycles. The van der Waals surface area contributed by atoms with Crippen LogP contribution in [-0.4, -0.2) is 35.7 Å². The van der Waals surface area contributed by atoms with Crippen molar-refractivity contribution in [3.8, 4) is 0 Å². The smallest absolute Gasteiger partial charge is 0.257 e. The number of hydrogen-bond acceptors (Lipinski definition) is 8.